The van der Waals surface area contributed by atoms with Crippen molar-refractivity contribution in [3.05, 3.63) is 64.3 Å². The van der Waals surface area contributed by atoms with Gasteiger partial charge in [0.2, 0.25) is 5.91 Å². The number of thioether (sulfide) groups is 1. The third kappa shape index (κ3) is 3.83. The second kappa shape index (κ2) is 7.67. The summed E-state index contributed by atoms with van der Waals surface area (Å²) in [6.07, 6.45) is 1.95. The number of nitrogens with one attached hydrogen (secondary N) is 1. The first-order valence-electron chi connectivity index (χ1n) is 7.68. The predicted molar refractivity (Wildman–Crippen MR) is 103 cm³/mol. The van der Waals surface area contributed by atoms with E-state index in [2.05, 4.69) is 10.4 Å². The number of hydrogen-bond donors (Lipinski definition) is 1. The van der Waals surface area contributed by atoms with Crippen LogP contribution >= 0.6 is 23.1 Å². The van der Waals surface area contributed by atoms with Crippen LogP contribution in [0.5, 0.6) is 0 Å². The summed E-state index contributed by atoms with van der Waals surface area (Å²) in [5.74, 6) is -0.278. The molecule has 0 fully saturated rings. The van der Waals surface area contributed by atoms with Crippen LogP contribution in [0.4, 0.5) is 5.69 Å². The summed E-state index contributed by atoms with van der Waals surface area (Å²) in [5.41, 5.74) is 1.11. The lowest BCUT2D eigenvalue weighted by Gasteiger charge is -2.16. The van der Waals surface area contributed by atoms with Crippen molar-refractivity contribution < 1.29 is 4.79 Å². The third-order valence-corrected chi connectivity index (χ3v) is 5.40. The van der Waals surface area contributed by atoms with Crippen LogP contribution in [0, 0.1) is 0 Å². The number of carbonyl (C=O) groups is 1. The molecule has 0 spiro atoms. The Hall–Kier alpha value is -2.38. The minimum atomic E-state index is -0.720. The van der Waals surface area contributed by atoms with Crippen LogP contribution in [0.25, 0.3) is 10.6 Å². The number of rotatable bonds is 5. The van der Waals surface area contributed by atoms with Gasteiger partial charge in [-0.05, 0) is 42.8 Å². The van der Waals surface area contributed by atoms with Crippen molar-refractivity contribution in [3.8, 4) is 10.6 Å². The molecule has 7 heteroatoms. The summed E-state index contributed by atoms with van der Waals surface area (Å²) >= 11 is 3.09. The molecule has 5 nitrogen and oxygen atoms in total. The highest BCUT2D eigenvalue weighted by molar-refractivity contribution is 7.98. The highest BCUT2D eigenvalue weighted by Crippen LogP contribution is 2.25. The highest BCUT2D eigenvalue weighted by Gasteiger charge is 2.19. The third-order valence-electron chi connectivity index (χ3n) is 3.71. The highest BCUT2D eigenvalue weighted by atomic mass is 32.2. The van der Waals surface area contributed by atoms with Gasteiger partial charge in [-0.1, -0.05) is 18.2 Å². The summed E-state index contributed by atoms with van der Waals surface area (Å²) in [6.45, 7) is 1.67. The first-order valence-corrected chi connectivity index (χ1v) is 9.78. The van der Waals surface area contributed by atoms with E-state index in [1.54, 1.807) is 24.8 Å². The molecule has 3 rings (SSSR count). The number of amides is 1. The van der Waals surface area contributed by atoms with Gasteiger partial charge in [-0.15, -0.1) is 23.1 Å². The zero-order chi connectivity index (χ0) is 17.8. The molecule has 0 saturated heterocycles. The average Bonchev–Trinajstić information content (AvgIpc) is 3.16. The zero-order valence-electron chi connectivity index (χ0n) is 13.8. The van der Waals surface area contributed by atoms with Crippen molar-refractivity contribution in [1.82, 2.24) is 9.78 Å². The Labute approximate surface area is 153 Å². The molecule has 0 aliphatic carbocycles. The number of hydrogen-bond acceptors (Lipinski definition) is 5. The minimum absolute atomic E-state index is 0.278. The van der Waals surface area contributed by atoms with Gasteiger partial charge < -0.3 is 5.32 Å². The first-order chi connectivity index (χ1) is 12.1. The summed E-state index contributed by atoms with van der Waals surface area (Å²) in [7, 11) is 0. The van der Waals surface area contributed by atoms with Crippen molar-refractivity contribution in [2.45, 2.75) is 17.9 Å². The van der Waals surface area contributed by atoms with E-state index in [1.165, 1.54) is 22.1 Å². The summed E-state index contributed by atoms with van der Waals surface area (Å²) in [4.78, 5) is 26.7. The Morgan fingerprint density at radius 1 is 1.20 bits per heavy atom. The molecule has 1 N–H and O–H groups in total. The molecule has 1 amide bonds. The van der Waals surface area contributed by atoms with E-state index in [1.807, 2.05) is 48.0 Å². The molecule has 2 aromatic heterocycles. The molecule has 1 aromatic carbocycles. The van der Waals surface area contributed by atoms with Crippen molar-refractivity contribution in [3.63, 3.8) is 0 Å². The van der Waals surface area contributed by atoms with Gasteiger partial charge >= 0.3 is 0 Å². The molecule has 0 aliphatic heterocycles. The number of thiophene rings is 1. The van der Waals surface area contributed by atoms with Crippen molar-refractivity contribution in [2.24, 2.45) is 0 Å². The Morgan fingerprint density at radius 3 is 2.72 bits per heavy atom. The molecule has 128 valence electrons. The molecule has 0 bridgehead atoms. The van der Waals surface area contributed by atoms with Crippen LogP contribution in [0.3, 0.4) is 0 Å². The fourth-order valence-electron chi connectivity index (χ4n) is 2.35. The van der Waals surface area contributed by atoms with E-state index >= 15 is 0 Å². The van der Waals surface area contributed by atoms with Crippen LogP contribution < -0.4 is 10.9 Å². The van der Waals surface area contributed by atoms with E-state index in [4.69, 9.17) is 0 Å². The van der Waals surface area contributed by atoms with Crippen molar-refractivity contribution in [2.75, 3.05) is 11.6 Å². The number of nitrogens with zero attached hydrogens (tertiary/aromatic N) is 2. The quantitative estimate of drug-likeness (QED) is 0.691. The molecule has 1 atom stereocenters. The van der Waals surface area contributed by atoms with E-state index in [9.17, 15) is 9.59 Å². The summed E-state index contributed by atoms with van der Waals surface area (Å²) in [5, 5.41) is 9.20. The Balaban J connectivity index is 1.87. The Kier molecular flexibility index (Phi) is 5.35. The largest absolute Gasteiger partial charge is 0.323 e. The smallest absolute Gasteiger partial charge is 0.267 e. The maximum atomic E-state index is 12.6. The van der Waals surface area contributed by atoms with Crippen LogP contribution in [0.1, 0.15) is 13.0 Å². The van der Waals surface area contributed by atoms with Gasteiger partial charge in [0.25, 0.3) is 5.56 Å². The monoisotopic (exact) mass is 371 g/mol. The minimum Gasteiger partial charge on any atom is -0.323 e. The second-order valence-electron chi connectivity index (χ2n) is 5.34. The molecule has 2 heterocycles. The number of aromatic nitrogens is 2. The van der Waals surface area contributed by atoms with Gasteiger partial charge in [0.15, 0.2) is 0 Å². The molecule has 0 unspecified atom stereocenters. The van der Waals surface area contributed by atoms with Gasteiger partial charge in [-0.25, -0.2) is 4.68 Å². The molecule has 0 aliphatic rings. The van der Waals surface area contributed by atoms with Gasteiger partial charge in [-0.2, -0.15) is 5.10 Å². The number of para-hydroxylation sites is 1. The molecule has 3 aromatic rings. The Morgan fingerprint density at radius 2 is 2.00 bits per heavy atom. The lowest BCUT2D eigenvalue weighted by atomic mass is 10.2. The summed E-state index contributed by atoms with van der Waals surface area (Å²) < 4.78 is 1.23. The maximum absolute atomic E-state index is 12.6. The van der Waals surface area contributed by atoms with E-state index in [-0.39, 0.29) is 11.5 Å². The van der Waals surface area contributed by atoms with Crippen molar-refractivity contribution >= 4 is 34.7 Å². The standard InChI is InChI=1S/C18H17N3O2S2/c1-12(18(23)19-13-6-3-4-7-15(13)24-2)21-17(22)10-9-14(20-21)16-8-5-11-25-16/h3-12H,1-2H3,(H,19,23)/t12-/m1/s1. The fraction of sp³-hybridized carbons (Fsp3) is 0.167. The van der Waals surface area contributed by atoms with Gasteiger partial charge in [0, 0.05) is 11.0 Å². The lowest BCUT2D eigenvalue weighted by molar-refractivity contribution is -0.119. The van der Waals surface area contributed by atoms with Crippen LogP contribution in [0.2, 0.25) is 0 Å². The van der Waals surface area contributed by atoms with Crippen LogP contribution in [-0.4, -0.2) is 21.9 Å². The summed E-state index contributed by atoms with van der Waals surface area (Å²) in [6, 6.07) is 13.8. The van der Waals surface area contributed by atoms with Crippen LogP contribution in [-0.2, 0) is 4.79 Å². The van der Waals surface area contributed by atoms with Gasteiger partial charge in [0.1, 0.15) is 11.7 Å². The first kappa shape index (κ1) is 17.4. The number of benzene rings is 1. The van der Waals surface area contributed by atoms with E-state index in [0.29, 0.717) is 5.69 Å². The molecule has 25 heavy (non-hydrogen) atoms. The maximum Gasteiger partial charge on any atom is 0.267 e. The van der Waals surface area contributed by atoms with E-state index < -0.39 is 6.04 Å². The fourth-order valence-corrected chi connectivity index (χ4v) is 3.60. The topological polar surface area (TPSA) is 64.0 Å². The number of carbonyl (C=O) groups excluding carboxylic acids is 1. The average molecular weight is 371 g/mol. The predicted octanol–water partition coefficient (Wildman–Crippen LogP) is 3.89. The zero-order valence-corrected chi connectivity index (χ0v) is 15.4. The normalized spacial score (nSPS) is 11.9. The molecule has 0 saturated carbocycles. The second-order valence-corrected chi connectivity index (χ2v) is 7.14. The van der Waals surface area contributed by atoms with Crippen molar-refractivity contribution in [1.29, 1.82) is 0 Å². The SMILES string of the molecule is CSc1ccccc1NC(=O)[C@@H](C)n1nc(-c2cccs2)ccc1=O. The van der Waals surface area contributed by atoms with Crippen LogP contribution in [0.15, 0.2) is 63.6 Å². The lowest BCUT2D eigenvalue weighted by Crippen LogP contribution is -2.33. The van der Waals surface area contributed by atoms with E-state index in [0.717, 1.165) is 15.5 Å². The Bertz CT molecular complexity index is 935. The van der Waals surface area contributed by atoms with Gasteiger partial charge in [-0.3, -0.25) is 9.59 Å². The molecular formula is C18H17N3O2S2. The molecular weight excluding hydrogens is 354 g/mol. The number of anilines is 1. The van der Waals surface area contributed by atoms with Gasteiger partial charge in [0.05, 0.1) is 10.6 Å². The molecule has 0 radical (unpaired) electrons.